The predicted octanol–water partition coefficient (Wildman–Crippen LogP) is 3.33. The molecule has 1 saturated carbocycles. The number of aromatic nitrogens is 2. The van der Waals surface area contributed by atoms with Crippen LogP contribution in [0.25, 0.3) is 0 Å². The molecule has 0 bridgehead atoms. The third kappa shape index (κ3) is 3.79. The van der Waals surface area contributed by atoms with Crippen molar-refractivity contribution in [1.82, 2.24) is 15.1 Å². The van der Waals surface area contributed by atoms with E-state index in [0.717, 1.165) is 25.0 Å². The van der Waals surface area contributed by atoms with Crippen LogP contribution in [0, 0.1) is 0 Å². The number of hydrogen-bond donors (Lipinski definition) is 2. The molecule has 0 spiro atoms. The normalized spacial score (nSPS) is 16.1. The van der Waals surface area contributed by atoms with E-state index in [-0.39, 0.29) is 18.5 Å². The average Bonchev–Trinajstić information content (AvgIpc) is 3.39. The van der Waals surface area contributed by atoms with Gasteiger partial charge in [-0.05, 0) is 31.7 Å². The number of nitrogens with zero attached hydrogens (tertiary/aromatic N) is 2. The summed E-state index contributed by atoms with van der Waals surface area (Å²) in [7, 11) is 0. The van der Waals surface area contributed by atoms with Crippen molar-refractivity contribution in [3.05, 3.63) is 53.3 Å². The van der Waals surface area contributed by atoms with E-state index in [1.54, 1.807) is 30.5 Å². The molecule has 0 saturated heterocycles. The molecule has 3 rings (SSSR count). The first-order chi connectivity index (χ1) is 12.5. The van der Waals surface area contributed by atoms with Crippen LogP contribution < -0.4 is 5.32 Å². The monoisotopic (exact) mass is 355 g/mol. The SMILES string of the molecule is CCC(C)n1ncc(C(=O)NCC(C(=O)O)c2ccccc2)c1C1CC1. The molecule has 1 aromatic carbocycles. The highest BCUT2D eigenvalue weighted by molar-refractivity contribution is 5.95. The Morgan fingerprint density at radius 3 is 2.58 bits per heavy atom. The number of nitrogens with one attached hydrogen (secondary N) is 1. The molecule has 1 aliphatic rings. The number of aliphatic carboxylic acids is 1. The van der Waals surface area contributed by atoms with Gasteiger partial charge < -0.3 is 10.4 Å². The maximum Gasteiger partial charge on any atom is 0.312 e. The zero-order valence-corrected chi connectivity index (χ0v) is 15.2. The van der Waals surface area contributed by atoms with Crippen molar-refractivity contribution in [3.63, 3.8) is 0 Å². The fraction of sp³-hybridized carbons (Fsp3) is 0.450. The molecule has 2 N–H and O–H groups in total. The molecule has 2 unspecified atom stereocenters. The van der Waals surface area contributed by atoms with Crippen LogP contribution in [0.4, 0.5) is 0 Å². The molecule has 6 heteroatoms. The summed E-state index contributed by atoms with van der Waals surface area (Å²) in [5.41, 5.74) is 2.24. The van der Waals surface area contributed by atoms with Gasteiger partial charge in [-0.3, -0.25) is 14.3 Å². The van der Waals surface area contributed by atoms with E-state index >= 15 is 0 Å². The van der Waals surface area contributed by atoms with Crippen LogP contribution in [0.3, 0.4) is 0 Å². The highest BCUT2D eigenvalue weighted by Gasteiger charge is 2.33. The van der Waals surface area contributed by atoms with Crippen molar-refractivity contribution < 1.29 is 14.7 Å². The van der Waals surface area contributed by atoms with Crippen molar-refractivity contribution in [2.45, 2.75) is 51.0 Å². The molecule has 0 aliphatic heterocycles. The summed E-state index contributed by atoms with van der Waals surface area (Å²) in [6.45, 7) is 4.24. The molecular formula is C20H25N3O3. The van der Waals surface area contributed by atoms with Crippen molar-refractivity contribution in [1.29, 1.82) is 0 Å². The van der Waals surface area contributed by atoms with Gasteiger partial charge >= 0.3 is 5.97 Å². The molecule has 2 aromatic rings. The summed E-state index contributed by atoms with van der Waals surface area (Å²) < 4.78 is 1.96. The second-order valence-electron chi connectivity index (χ2n) is 6.93. The Kier molecular flexibility index (Phi) is 5.40. The Morgan fingerprint density at radius 1 is 1.31 bits per heavy atom. The van der Waals surface area contributed by atoms with Crippen LogP contribution in [0.2, 0.25) is 0 Å². The minimum Gasteiger partial charge on any atom is -0.481 e. The van der Waals surface area contributed by atoms with E-state index < -0.39 is 11.9 Å². The topological polar surface area (TPSA) is 84.2 Å². The minimum absolute atomic E-state index is 0.0524. The molecule has 6 nitrogen and oxygen atoms in total. The van der Waals surface area contributed by atoms with Crippen molar-refractivity contribution in [3.8, 4) is 0 Å². The maximum atomic E-state index is 12.7. The largest absolute Gasteiger partial charge is 0.481 e. The van der Waals surface area contributed by atoms with Gasteiger partial charge in [0.15, 0.2) is 0 Å². The fourth-order valence-corrected chi connectivity index (χ4v) is 3.16. The number of hydrogen-bond acceptors (Lipinski definition) is 3. The van der Waals surface area contributed by atoms with Crippen molar-refractivity contribution in [2.24, 2.45) is 0 Å². The van der Waals surface area contributed by atoms with Gasteiger partial charge in [0.05, 0.1) is 23.4 Å². The van der Waals surface area contributed by atoms with Crippen LogP contribution in [-0.4, -0.2) is 33.3 Å². The number of carbonyl (C=O) groups is 2. The van der Waals surface area contributed by atoms with Crippen LogP contribution >= 0.6 is 0 Å². The quantitative estimate of drug-likeness (QED) is 0.761. The first-order valence-electron chi connectivity index (χ1n) is 9.16. The molecular weight excluding hydrogens is 330 g/mol. The second kappa shape index (κ2) is 7.72. The lowest BCUT2D eigenvalue weighted by Gasteiger charge is -2.16. The lowest BCUT2D eigenvalue weighted by Crippen LogP contribution is -2.32. The molecule has 1 amide bonds. The molecule has 1 heterocycles. The van der Waals surface area contributed by atoms with Crippen molar-refractivity contribution in [2.75, 3.05) is 6.54 Å². The number of carboxylic acid groups (broad SMARTS) is 1. The Bertz CT molecular complexity index is 781. The first kappa shape index (κ1) is 18.2. The van der Waals surface area contributed by atoms with Gasteiger partial charge in [0.25, 0.3) is 5.91 Å². The van der Waals surface area contributed by atoms with Crippen LogP contribution in [-0.2, 0) is 4.79 Å². The summed E-state index contributed by atoms with van der Waals surface area (Å²) in [4.78, 5) is 24.3. The van der Waals surface area contributed by atoms with Gasteiger partial charge in [-0.2, -0.15) is 5.10 Å². The molecule has 26 heavy (non-hydrogen) atoms. The average molecular weight is 355 g/mol. The van der Waals surface area contributed by atoms with Crippen LogP contribution in [0.5, 0.6) is 0 Å². The van der Waals surface area contributed by atoms with E-state index in [0.29, 0.717) is 17.0 Å². The van der Waals surface area contributed by atoms with Gasteiger partial charge in [-0.1, -0.05) is 37.3 Å². The Morgan fingerprint density at radius 2 is 2.00 bits per heavy atom. The molecule has 2 atom stereocenters. The number of amides is 1. The van der Waals surface area contributed by atoms with E-state index in [9.17, 15) is 14.7 Å². The molecule has 1 aromatic heterocycles. The lowest BCUT2D eigenvalue weighted by molar-refractivity contribution is -0.138. The molecule has 138 valence electrons. The Balaban J connectivity index is 1.76. The third-order valence-electron chi connectivity index (χ3n) is 5.02. The van der Waals surface area contributed by atoms with Gasteiger partial charge in [-0.15, -0.1) is 0 Å². The number of carboxylic acids is 1. The first-order valence-corrected chi connectivity index (χ1v) is 9.16. The lowest BCUT2D eigenvalue weighted by atomic mass is 9.99. The van der Waals surface area contributed by atoms with Crippen LogP contribution in [0.15, 0.2) is 36.5 Å². The van der Waals surface area contributed by atoms with Crippen LogP contribution in [0.1, 0.15) is 72.6 Å². The third-order valence-corrected chi connectivity index (χ3v) is 5.02. The van der Waals surface area contributed by atoms with E-state index in [1.807, 2.05) is 10.7 Å². The Hall–Kier alpha value is -2.63. The summed E-state index contributed by atoms with van der Waals surface area (Å²) in [5.74, 6) is -1.58. The zero-order valence-electron chi connectivity index (χ0n) is 15.2. The maximum absolute atomic E-state index is 12.7. The zero-order chi connectivity index (χ0) is 18.7. The summed E-state index contributed by atoms with van der Waals surface area (Å²) in [6, 6.07) is 9.21. The van der Waals surface area contributed by atoms with E-state index in [2.05, 4.69) is 24.3 Å². The van der Waals surface area contributed by atoms with Gasteiger partial charge in [0.2, 0.25) is 0 Å². The highest BCUT2D eigenvalue weighted by Crippen LogP contribution is 2.42. The fourth-order valence-electron chi connectivity index (χ4n) is 3.16. The summed E-state index contributed by atoms with van der Waals surface area (Å²) >= 11 is 0. The number of benzene rings is 1. The Labute approximate surface area is 153 Å². The second-order valence-corrected chi connectivity index (χ2v) is 6.93. The van der Waals surface area contributed by atoms with Crippen molar-refractivity contribution >= 4 is 11.9 Å². The molecule has 0 radical (unpaired) electrons. The summed E-state index contributed by atoms with van der Waals surface area (Å²) in [5, 5.41) is 16.7. The smallest absolute Gasteiger partial charge is 0.312 e. The predicted molar refractivity (Wildman–Crippen MR) is 98.4 cm³/mol. The van der Waals surface area contributed by atoms with Gasteiger partial charge in [-0.25, -0.2) is 0 Å². The molecule has 1 aliphatic carbocycles. The van der Waals surface area contributed by atoms with E-state index in [4.69, 9.17) is 0 Å². The van der Waals surface area contributed by atoms with Gasteiger partial charge in [0.1, 0.15) is 0 Å². The summed E-state index contributed by atoms with van der Waals surface area (Å²) in [6.07, 6.45) is 4.71. The number of rotatable bonds is 8. The molecule has 1 fully saturated rings. The standard InChI is InChI=1S/C20H25N3O3/c1-3-13(2)23-18(15-9-10-15)17(12-22-23)19(24)21-11-16(20(25)26)14-7-5-4-6-8-14/h4-8,12-13,15-16H,3,9-11H2,1-2H3,(H,21,24)(H,25,26). The van der Waals surface area contributed by atoms with E-state index in [1.165, 1.54) is 0 Å². The number of carbonyl (C=O) groups excluding carboxylic acids is 1. The highest BCUT2D eigenvalue weighted by atomic mass is 16.4. The minimum atomic E-state index is -0.950. The van der Waals surface area contributed by atoms with Gasteiger partial charge in [0, 0.05) is 18.5 Å².